The van der Waals surface area contributed by atoms with Gasteiger partial charge in [-0.25, -0.2) is 4.79 Å². The van der Waals surface area contributed by atoms with Crippen LogP contribution >= 0.6 is 0 Å². The van der Waals surface area contributed by atoms with Gasteiger partial charge in [-0.2, -0.15) is 0 Å². The topological polar surface area (TPSA) is 117 Å². The van der Waals surface area contributed by atoms with E-state index >= 15 is 0 Å². The monoisotopic (exact) mass is 656 g/mol. The van der Waals surface area contributed by atoms with E-state index in [0.717, 1.165) is 28.3 Å². The number of piperidine rings is 1. The van der Waals surface area contributed by atoms with E-state index in [1.54, 1.807) is 4.90 Å². The van der Waals surface area contributed by atoms with Crippen LogP contribution in [-0.4, -0.2) is 66.5 Å². The number of fused-ring (bicyclic) bond motifs is 1. The van der Waals surface area contributed by atoms with E-state index in [2.05, 4.69) is 22.0 Å². The maximum Gasteiger partial charge on any atom is 0.407 e. The van der Waals surface area contributed by atoms with E-state index in [0.29, 0.717) is 64.7 Å². The molecule has 4 amide bonds. The van der Waals surface area contributed by atoms with Crippen LogP contribution in [0.1, 0.15) is 77.3 Å². The number of nitrogens with zero attached hydrogens (tertiary/aromatic N) is 1. The minimum atomic E-state index is -0.769. The second kappa shape index (κ2) is 17.1. The highest BCUT2D eigenvalue weighted by Gasteiger charge is 2.44. The Morgan fingerprint density at radius 2 is 1.60 bits per heavy atom. The third-order valence-corrected chi connectivity index (χ3v) is 8.73. The molecule has 0 spiro atoms. The van der Waals surface area contributed by atoms with Gasteiger partial charge in [0.25, 0.3) is 0 Å². The number of alkyl carbamates (subject to hydrolysis) is 1. The average molecular weight is 657 g/mol. The number of ether oxygens (including phenoxy) is 1. The lowest BCUT2D eigenvalue weighted by molar-refractivity contribution is -0.144. The molecular formula is C39H52N4O5. The third kappa shape index (κ3) is 10.8. The number of nitrogens with one attached hydrogen (secondary N) is 3. The number of carbonyl (C=O) groups is 4. The Hall–Kier alpha value is -4.40. The summed E-state index contributed by atoms with van der Waals surface area (Å²) in [6.45, 7) is 9.17. The molecule has 9 nitrogen and oxygen atoms in total. The highest BCUT2D eigenvalue weighted by Crippen LogP contribution is 2.35. The van der Waals surface area contributed by atoms with Crippen LogP contribution in [0.4, 0.5) is 4.79 Å². The number of unbranched alkanes of at least 4 members (excludes halogenated alkanes) is 2. The summed E-state index contributed by atoms with van der Waals surface area (Å²) in [6, 6.07) is 23.4. The minimum absolute atomic E-state index is 0.0392. The molecule has 0 bridgehead atoms. The largest absolute Gasteiger partial charge is 0.444 e. The number of likely N-dealkylation sites (tertiary alicyclic amines) is 1. The van der Waals surface area contributed by atoms with Gasteiger partial charge < -0.3 is 25.6 Å². The van der Waals surface area contributed by atoms with Crippen molar-refractivity contribution in [2.45, 2.75) is 90.7 Å². The Labute approximate surface area is 285 Å². The van der Waals surface area contributed by atoms with Crippen molar-refractivity contribution in [3.63, 3.8) is 0 Å². The minimum Gasteiger partial charge on any atom is -0.444 e. The predicted molar refractivity (Wildman–Crippen MR) is 189 cm³/mol. The molecule has 1 heterocycles. The third-order valence-electron chi connectivity index (χ3n) is 8.73. The zero-order valence-corrected chi connectivity index (χ0v) is 29.0. The Morgan fingerprint density at radius 3 is 2.33 bits per heavy atom. The molecule has 3 N–H and O–H groups in total. The van der Waals surface area contributed by atoms with Crippen molar-refractivity contribution in [1.82, 2.24) is 20.9 Å². The van der Waals surface area contributed by atoms with E-state index < -0.39 is 23.2 Å². The molecule has 0 radical (unpaired) electrons. The SMILES string of the molecule is CCNC(=O)[C@]1(Cc2ccccc2)CCCN(C(=O)C(Cc2ccc3ccccc3c2)NC(=O)CCCCCNC(=O)OC(C)(C)C)C1. The first-order chi connectivity index (χ1) is 23.0. The Bertz CT molecular complexity index is 1540. The summed E-state index contributed by atoms with van der Waals surface area (Å²) >= 11 is 0. The molecular weight excluding hydrogens is 604 g/mol. The van der Waals surface area contributed by atoms with Gasteiger partial charge in [0.2, 0.25) is 17.7 Å². The van der Waals surface area contributed by atoms with Crippen molar-refractivity contribution in [3.05, 3.63) is 83.9 Å². The Kier molecular flexibility index (Phi) is 13.0. The number of hydrogen-bond acceptors (Lipinski definition) is 5. The number of hydrogen-bond donors (Lipinski definition) is 3. The summed E-state index contributed by atoms with van der Waals surface area (Å²) in [5.74, 6) is -0.396. The highest BCUT2D eigenvalue weighted by atomic mass is 16.6. The van der Waals surface area contributed by atoms with Crippen LogP contribution in [-0.2, 0) is 32.0 Å². The van der Waals surface area contributed by atoms with Crippen molar-refractivity contribution >= 4 is 34.6 Å². The lowest BCUT2D eigenvalue weighted by Gasteiger charge is -2.43. The smallest absolute Gasteiger partial charge is 0.407 e. The van der Waals surface area contributed by atoms with Gasteiger partial charge in [-0.1, -0.05) is 79.2 Å². The summed E-state index contributed by atoms with van der Waals surface area (Å²) in [4.78, 5) is 54.9. The van der Waals surface area contributed by atoms with Crippen molar-refractivity contribution < 1.29 is 23.9 Å². The van der Waals surface area contributed by atoms with Gasteiger partial charge in [-0.3, -0.25) is 14.4 Å². The fraction of sp³-hybridized carbons (Fsp3) is 0.487. The van der Waals surface area contributed by atoms with Crippen LogP contribution in [0.25, 0.3) is 10.8 Å². The fourth-order valence-electron chi connectivity index (χ4n) is 6.44. The highest BCUT2D eigenvalue weighted by molar-refractivity contribution is 5.90. The molecule has 1 unspecified atom stereocenters. The van der Waals surface area contributed by atoms with Crippen LogP contribution in [0.15, 0.2) is 72.8 Å². The predicted octanol–water partition coefficient (Wildman–Crippen LogP) is 5.94. The van der Waals surface area contributed by atoms with Crippen molar-refractivity contribution in [3.8, 4) is 0 Å². The Morgan fingerprint density at radius 1 is 0.875 bits per heavy atom. The zero-order valence-electron chi connectivity index (χ0n) is 29.0. The van der Waals surface area contributed by atoms with Gasteiger partial charge in [-0.15, -0.1) is 0 Å². The van der Waals surface area contributed by atoms with E-state index in [4.69, 9.17) is 4.74 Å². The zero-order chi connectivity index (χ0) is 34.6. The van der Waals surface area contributed by atoms with Crippen molar-refractivity contribution in [2.24, 2.45) is 5.41 Å². The number of amides is 4. The summed E-state index contributed by atoms with van der Waals surface area (Å²) < 4.78 is 5.27. The van der Waals surface area contributed by atoms with E-state index in [1.807, 2.05) is 94.4 Å². The first-order valence-corrected chi connectivity index (χ1v) is 17.3. The fourth-order valence-corrected chi connectivity index (χ4v) is 6.44. The summed E-state index contributed by atoms with van der Waals surface area (Å²) in [5, 5.41) is 11.0. The standard InChI is InChI=1S/C39H52N4O5/c1-5-40-36(46)39(27-29-15-8-6-9-16-29)22-14-24-43(28-39)35(45)33(26-30-20-21-31-17-11-12-18-32(31)25-30)42-34(44)19-10-7-13-23-41-37(47)48-38(2,3)4/h6,8-9,11-12,15-18,20-21,25,33H,5,7,10,13-14,19,22-24,26-28H2,1-4H3,(H,40,46)(H,41,47)(H,42,44)/t33?,39-/m0/s1. The normalized spacial score (nSPS) is 17.0. The summed E-state index contributed by atoms with van der Waals surface area (Å²) in [5.41, 5.74) is 0.704. The van der Waals surface area contributed by atoms with Crippen molar-refractivity contribution in [1.29, 1.82) is 0 Å². The van der Waals surface area contributed by atoms with Crippen LogP contribution in [0, 0.1) is 5.41 Å². The molecule has 4 rings (SSSR count). The molecule has 0 saturated carbocycles. The van der Waals surface area contributed by atoms with Gasteiger partial charge in [-0.05, 0) is 81.7 Å². The Balaban J connectivity index is 1.45. The van der Waals surface area contributed by atoms with Crippen LogP contribution in [0.2, 0.25) is 0 Å². The van der Waals surface area contributed by atoms with Gasteiger partial charge in [0.15, 0.2) is 0 Å². The van der Waals surface area contributed by atoms with Crippen LogP contribution in [0.3, 0.4) is 0 Å². The number of carbonyl (C=O) groups excluding carboxylic acids is 4. The van der Waals surface area contributed by atoms with Gasteiger partial charge in [0.1, 0.15) is 11.6 Å². The number of rotatable bonds is 14. The second-order valence-electron chi connectivity index (χ2n) is 13.9. The average Bonchev–Trinajstić information content (AvgIpc) is 3.05. The summed E-state index contributed by atoms with van der Waals surface area (Å²) in [7, 11) is 0. The molecule has 0 aliphatic carbocycles. The maximum atomic E-state index is 14.3. The molecule has 1 aliphatic heterocycles. The molecule has 1 fully saturated rings. The first kappa shape index (κ1) is 36.4. The van der Waals surface area contributed by atoms with Gasteiger partial charge in [0, 0.05) is 39.0 Å². The van der Waals surface area contributed by atoms with E-state index in [9.17, 15) is 19.2 Å². The quantitative estimate of drug-likeness (QED) is 0.186. The van der Waals surface area contributed by atoms with Crippen molar-refractivity contribution in [2.75, 3.05) is 26.2 Å². The molecule has 0 aromatic heterocycles. The van der Waals surface area contributed by atoms with Crippen LogP contribution < -0.4 is 16.0 Å². The molecule has 1 aliphatic rings. The first-order valence-electron chi connectivity index (χ1n) is 17.3. The molecule has 3 aromatic rings. The summed E-state index contributed by atoms with van der Waals surface area (Å²) in [6.07, 6.45) is 4.16. The second-order valence-corrected chi connectivity index (χ2v) is 13.9. The van der Waals surface area contributed by atoms with E-state index in [-0.39, 0.29) is 24.1 Å². The number of benzene rings is 3. The lowest BCUT2D eigenvalue weighted by atomic mass is 9.74. The molecule has 258 valence electrons. The maximum absolute atomic E-state index is 14.3. The van der Waals surface area contributed by atoms with Gasteiger partial charge in [0.05, 0.1) is 5.41 Å². The lowest BCUT2D eigenvalue weighted by Crippen LogP contribution is -2.58. The van der Waals surface area contributed by atoms with Crippen LogP contribution in [0.5, 0.6) is 0 Å². The molecule has 2 atom stereocenters. The van der Waals surface area contributed by atoms with Gasteiger partial charge >= 0.3 is 6.09 Å². The van der Waals surface area contributed by atoms with E-state index in [1.165, 1.54) is 0 Å². The molecule has 9 heteroatoms. The molecule has 1 saturated heterocycles. The molecule has 3 aromatic carbocycles. The molecule has 48 heavy (non-hydrogen) atoms.